The van der Waals surface area contributed by atoms with Crippen molar-refractivity contribution in [1.29, 1.82) is 0 Å². The summed E-state index contributed by atoms with van der Waals surface area (Å²) in [6, 6.07) is 0. The number of hydrogen-bond acceptors (Lipinski definition) is 2. The molecule has 0 bridgehead atoms. The van der Waals surface area contributed by atoms with Gasteiger partial charge in [0.25, 0.3) is 0 Å². The van der Waals surface area contributed by atoms with Gasteiger partial charge in [0.2, 0.25) is 0 Å². The van der Waals surface area contributed by atoms with Crippen LogP contribution in [0.5, 0.6) is 0 Å². The number of ether oxygens (including phenoxy) is 2. The van der Waals surface area contributed by atoms with Crippen molar-refractivity contribution in [1.82, 2.24) is 0 Å². The molecule has 1 aliphatic heterocycles. The smallest absolute Gasteiger partial charge is 0.163 e. The third-order valence-electron chi connectivity index (χ3n) is 1.59. The summed E-state index contributed by atoms with van der Waals surface area (Å²) in [6.07, 6.45) is 2.19. The molecule has 2 nitrogen and oxygen atoms in total. The van der Waals surface area contributed by atoms with E-state index in [1.165, 1.54) is 0 Å². The standard InChI is InChI=1S/C8H15O2/c1-4-5-7-6-9-8(2,3)10-7/h7H,1,4-6H2,2-3H3. The van der Waals surface area contributed by atoms with Crippen molar-refractivity contribution < 1.29 is 9.47 Å². The summed E-state index contributed by atoms with van der Waals surface area (Å²) in [6.45, 7) is 8.37. The maximum absolute atomic E-state index is 5.53. The Morgan fingerprint density at radius 1 is 1.60 bits per heavy atom. The molecular formula is C8H15O2. The van der Waals surface area contributed by atoms with Gasteiger partial charge in [0.15, 0.2) is 5.79 Å². The molecule has 0 amide bonds. The molecule has 0 N–H and O–H groups in total. The van der Waals surface area contributed by atoms with Crippen LogP contribution in [0.3, 0.4) is 0 Å². The zero-order valence-corrected chi connectivity index (χ0v) is 6.72. The van der Waals surface area contributed by atoms with Crippen LogP contribution in [0.4, 0.5) is 0 Å². The van der Waals surface area contributed by atoms with Gasteiger partial charge < -0.3 is 9.47 Å². The Hall–Kier alpha value is -0.0800. The van der Waals surface area contributed by atoms with E-state index in [9.17, 15) is 0 Å². The van der Waals surface area contributed by atoms with Gasteiger partial charge >= 0.3 is 0 Å². The van der Waals surface area contributed by atoms with E-state index >= 15 is 0 Å². The van der Waals surface area contributed by atoms with E-state index < -0.39 is 0 Å². The fraction of sp³-hybridized carbons (Fsp3) is 0.875. The third kappa shape index (κ3) is 1.96. The number of hydrogen-bond donors (Lipinski definition) is 0. The molecule has 1 radical (unpaired) electrons. The minimum Gasteiger partial charge on any atom is -0.348 e. The summed E-state index contributed by atoms with van der Waals surface area (Å²) >= 11 is 0. The summed E-state index contributed by atoms with van der Waals surface area (Å²) in [4.78, 5) is 0. The highest BCUT2D eigenvalue weighted by atomic mass is 16.7. The Morgan fingerprint density at radius 2 is 2.30 bits per heavy atom. The van der Waals surface area contributed by atoms with Gasteiger partial charge in [-0.05, 0) is 20.3 Å². The molecule has 0 spiro atoms. The maximum Gasteiger partial charge on any atom is 0.163 e. The molecule has 2 heteroatoms. The minimum absolute atomic E-state index is 0.271. The van der Waals surface area contributed by atoms with Crippen LogP contribution in [0.15, 0.2) is 0 Å². The van der Waals surface area contributed by atoms with Gasteiger partial charge in [-0.15, -0.1) is 0 Å². The van der Waals surface area contributed by atoms with Crippen molar-refractivity contribution in [3.63, 3.8) is 0 Å². The zero-order valence-electron chi connectivity index (χ0n) is 6.72. The number of rotatable bonds is 2. The van der Waals surface area contributed by atoms with Crippen LogP contribution in [-0.2, 0) is 9.47 Å². The van der Waals surface area contributed by atoms with E-state index in [4.69, 9.17) is 9.47 Å². The van der Waals surface area contributed by atoms with Gasteiger partial charge in [-0.3, -0.25) is 0 Å². The highest BCUT2D eigenvalue weighted by Gasteiger charge is 2.31. The molecule has 0 aromatic rings. The molecule has 59 valence electrons. The first-order valence-corrected chi connectivity index (χ1v) is 3.75. The lowest BCUT2D eigenvalue weighted by Gasteiger charge is -2.16. The maximum atomic E-state index is 5.53. The SMILES string of the molecule is [CH2]CCC1COC(C)(C)O1. The Kier molecular flexibility index (Phi) is 2.32. The van der Waals surface area contributed by atoms with Crippen molar-refractivity contribution >= 4 is 0 Å². The van der Waals surface area contributed by atoms with E-state index in [0.29, 0.717) is 0 Å². The second kappa shape index (κ2) is 2.89. The molecule has 1 atom stereocenters. The predicted molar refractivity (Wildman–Crippen MR) is 39.5 cm³/mol. The second-order valence-corrected chi connectivity index (χ2v) is 3.09. The summed E-state index contributed by atoms with van der Waals surface area (Å²) in [5, 5.41) is 0. The molecule has 0 saturated carbocycles. The van der Waals surface area contributed by atoms with Crippen LogP contribution in [0.2, 0.25) is 0 Å². The van der Waals surface area contributed by atoms with Gasteiger partial charge in [-0.1, -0.05) is 13.3 Å². The lowest BCUT2D eigenvalue weighted by Crippen LogP contribution is -2.21. The van der Waals surface area contributed by atoms with E-state index in [1.807, 2.05) is 13.8 Å². The highest BCUT2D eigenvalue weighted by Crippen LogP contribution is 2.24. The molecule has 1 aliphatic rings. The molecule has 1 fully saturated rings. The monoisotopic (exact) mass is 143 g/mol. The van der Waals surface area contributed by atoms with E-state index in [2.05, 4.69) is 6.92 Å². The molecular weight excluding hydrogens is 128 g/mol. The van der Waals surface area contributed by atoms with Gasteiger partial charge in [-0.2, -0.15) is 0 Å². The quantitative estimate of drug-likeness (QED) is 0.586. The van der Waals surface area contributed by atoms with Crippen LogP contribution < -0.4 is 0 Å². The Labute approximate surface area is 62.5 Å². The largest absolute Gasteiger partial charge is 0.348 e. The summed E-state index contributed by atoms with van der Waals surface area (Å²) in [7, 11) is 0. The first kappa shape index (κ1) is 8.02. The third-order valence-corrected chi connectivity index (χ3v) is 1.59. The van der Waals surface area contributed by atoms with Gasteiger partial charge in [-0.25, -0.2) is 0 Å². The average Bonchev–Trinajstić information content (AvgIpc) is 2.12. The normalized spacial score (nSPS) is 30.9. The summed E-state index contributed by atoms with van der Waals surface area (Å²) < 4.78 is 10.9. The lowest BCUT2D eigenvalue weighted by atomic mass is 10.2. The van der Waals surface area contributed by atoms with Crippen LogP contribution >= 0.6 is 0 Å². The van der Waals surface area contributed by atoms with Crippen molar-refractivity contribution in [3.8, 4) is 0 Å². The molecule has 0 aliphatic carbocycles. The second-order valence-electron chi connectivity index (χ2n) is 3.09. The predicted octanol–water partition coefficient (Wildman–Crippen LogP) is 1.75. The first-order chi connectivity index (χ1) is 4.64. The Bertz CT molecular complexity index is 110. The molecule has 1 unspecified atom stereocenters. The van der Waals surface area contributed by atoms with E-state index in [1.54, 1.807) is 0 Å². The molecule has 10 heavy (non-hydrogen) atoms. The molecule has 1 rings (SSSR count). The van der Waals surface area contributed by atoms with Gasteiger partial charge in [0.05, 0.1) is 12.7 Å². The van der Waals surface area contributed by atoms with Crippen LogP contribution in [0, 0.1) is 6.92 Å². The van der Waals surface area contributed by atoms with Crippen LogP contribution in [0.1, 0.15) is 26.7 Å². The van der Waals surface area contributed by atoms with E-state index in [0.717, 1.165) is 19.4 Å². The van der Waals surface area contributed by atoms with Crippen molar-refractivity contribution in [2.24, 2.45) is 0 Å². The van der Waals surface area contributed by atoms with Gasteiger partial charge in [0, 0.05) is 0 Å². The van der Waals surface area contributed by atoms with Crippen molar-refractivity contribution in [3.05, 3.63) is 6.92 Å². The van der Waals surface area contributed by atoms with Gasteiger partial charge in [0.1, 0.15) is 0 Å². The lowest BCUT2D eigenvalue weighted by molar-refractivity contribution is -0.138. The summed E-state index contributed by atoms with van der Waals surface area (Å²) in [5.74, 6) is -0.361. The van der Waals surface area contributed by atoms with E-state index in [-0.39, 0.29) is 11.9 Å². The zero-order chi connectivity index (χ0) is 7.61. The van der Waals surface area contributed by atoms with Crippen LogP contribution in [0.25, 0.3) is 0 Å². The molecule has 0 aromatic carbocycles. The summed E-state index contributed by atoms with van der Waals surface area (Å²) in [5.41, 5.74) is 0. The van der Waals surface area contributed by atoms with Crippen LogP contribution in [-0.4, -0.2) is 18.5 Å². The Morgan fingerprint density at radius 3 is 2.70 bits per heavy atom. The fourth-order valence-electron chi connectivity index (χ4n) is 1.13. The Balaban J connectivity index is 2.29. The molecule has 0 aromatic heterocycles. The fourth-order valence-corrected chi connectivity index (χ4v) is 1.13. The molecule has 1 saturated heterocycles. The topological polar surface area (TPSA) is 18.5 Å². The van der Waals surface area contributed by atoms with Crippen molar-refractivity contribution in [2.45, 2.75) is 38.6 Å². The highest BCUT2D eigenvalue weighted by molar-refractivity contribution is 4.70. The first-order valence-electron chi connectivity index (χ1n) is 3.75. The average molecular weight is 143 g/mol. The van der Waals surface area contributed by atoms with Crippen molar-refractivity contribution in [2.75, 3.05) is 6.61 Å². The minimum atomic E-state index is -0.361. The molecule has 1 heterocycles.